The number of nitrogens with zero attached hydrogens (tertiary/aromatic N) is 2. The fraction of sp³-hybridized carbons (Fsp3) is 0.353. The van der Waals surface area contributed by atoms with Gasteiger partial charge in [0.1, 0.15) is 10.8 Å². The highest BCUT2D eigenvalue weighted by molar-refractivity contribution is 6.42. The van der Waals surface area contributed by atoms with Crippen LogP contribution in [-0.2, 0) is 7.05 Å². The molecule has 1 amide bonds. The van der Waals surface area contributed by atoms with Crippen LogP contribution in [0.2, 0.25) is 10.2 Å². The van der Waals surface area contributed by atoms with E-state index in [1.807, 2.05) is 45.9 Å². The first-order valence-corrected chi connectivity index (χ1v) is 7.91. The quantitative estimate of drug-likeness (QED) is 0.772. The van der Waals surface area contributed by atoms with Crippen molar-refractivity contribution < 1.29 is 4.79 Å². The lowest BCUT2D eigenvalue weighted by molar-refractivity contribution is 0.0972. The van der Waals surface area contributed by atoms with Gasteiger partial charge in [0.25, 0.3) is 5.91 Å². The number of hydrogen-bond donors (Lipinski definition) is 0. The van der Waals surface area contributed by atoms with Gasteiger partial charge in [0, 0.05) is 18.8 Å². The molecule has 1 heterocycles. The molecule has 3 nitrogen and oxygen atoms in total. The molecule has 0 aliphatic carbocycles. The lowest BCUT2D eigenvalue weighted by atomic mass is 10.1. The maximum Gasteiger partial charge on any atom is 0.275 e. The van der Waals surface area contributed by atoms with Gasteiger partial charge in [0.05, 0.1) is 5.02 Å². The van der Waals surface area contributed by atoms with E-state index in [1.165, 1.54) is 0 Å². The Kier molecular flexibility index (Phi) is 4.88. The number of rotatable bonds is 3. The van der Waals surface area contributed by atoms with E-state index in [9.17, 15) is 4.79 Å². The van der Waals surface area contributed by atoms with Crippen molar-refractivity contribution in [3.63, 3.8) is 0 Å². The predicted octanol–water partition coefficient (Wildman–Crippen LogP) is 5.00. The molecule has 0 N–H and O–H groups in total. The van der Waals surface area contributed by atoms with Crippen LogP contribution in [0.5, 0.6) is 0 Å². The second-order valence-corrected chi connectivity index (χ2v) is 6.55. The molecule has 22 heavy (non-hydrogen) atoms. The number of hydrogen-bond acceptors (Lipinski definition) is 1. The van der Waals surface area contributed by atoms with Crippen molar-refractivity contribution in [2.45, 2.75) is 33.7 Å². The van der Waals surface area contributed by atoms with E-state index < -0.39 is 0 Å². The van der Waals surface area contributed by atoms with Gasteiger partial charge < -0.3 is 9.47 Å². The van der Waals surface area contributed by atoms with Crippen LogP contribution in [0.1, 0.15) is 35.5 Å². The summed E-state index contributed by atoms with van der Waals surface area (Å²) in [7, 11) is 1.74. The summed E-state index contributed by atoms with van der Waals surface area (Å²) in [5.74, 6) is -0.111. The Hall–Kier alpha value is -1.45. The van der Waals surface area contributed by atoms with Crippen LogP contribution in [0.4, 0.5) is 5.69 Å². The average molecular weight is 339 g/mol. The largest absolute Gasteiger partial charge is 0.329 e. The molecular formula is C17H20Cl2N2O. The van der Waals surface area contributed by atoms with Gasteiger partial charge in [-0.3, -0.25) is 4.79 Å². The van der Waals surface area contributed by atoms with Crippen molar-refractivity contribution in [3.8, 4) is 0 Å². The lowest BCUT2D eigenvalue weighted by Gasteiger charge is -2.29. The molecule has 0 unspecified atom stereocenters. The minimum atomic E-state index is -0.111. The van der Waals surface area contributed by atoms with Crippen LogP contribution in [-0.4, -0.2) is 16.5 Å². The van der Waals surface area contributed by atoms with Gasteiger partial charge in [0.2, 0.25) is 0 Å². The molecule has 1 aromatic carbocycles. The van der Waals surface area contributed by atoms with Gasteiger partial charge in [-0.05, 0) is 51.0 Å². The molecule has 118 valence electrons. The third kappa shape index (κ3) is 3.01. The minimum absolute atomic E-state index is 0.0143. The summed E-state index contributed by atoms with van der Waals surface area (Å²) in [6.45, 7) is 8.00. The monoisotopic (exact) mass is 338 g/mol. The number of aromatic nitrogens is 1. The molecule has 0 radical (unpaired) electrons. The zero-order valence-electron chi connectivity index (χ0n) is 13.4. The van der Waals surface area contributed by atoms with E-state index in [-0.39, 0.29) is 11.9 Å². The van der Waals surface area contributed by atoms with E-state index in [4.69, 9.17) is 23.2 Å². The summed E-state index contributed by atoms with van der Waals surface area (Å²) >= 11 is 12.1. The van der Waals surface area contributed by atoms with Crippen LogP contribution >= 0.6 is 23.2 Å². The highest BCUT2D eigenvalue weighted by atomic mass is 35.5. The normalized spacial score (nSPS) is 11.1. The average Bonchev–Trinajstić information content (AvgIpc) is 2.70. The summed E-state index contributed by atoms with van der Waals surface area (Å²) in [6, 6.07) is 7.73. The first-order valence-electron chi connectivity index (χ1n) is 7.15. The molecule has 0 saturated heterocycles. The summed E-state index contributed by atoms with van der Waals surface area (Å²) < 4.78 is 1.62. The summed E-state index contributed by atoms with van der Waals surface area (Å²) in [5, 5.41) is 0.756. The lowest BCUT2D eigenvalue weighted by Crippen LogP contribution is -2.38. The number of anilines is 1. The van der Waals surface area contributed by atoms with Crippen molar-refractivity contribution in [2.24, 2.45) is 7.05 Å². The Bertz CT molecular complexity index is 720. The Morgan fingerprint density at radius 3 is 2.32 bits per heavy atom. The van der Waals surface area contributed by atoms with Crippen LogP contribution in [0.25, 0.3) is 0 Å². The van der Waals surface area contributed by atoms with Crippen LogP contribution in [0.3, 0.4) is 0 Å². The summed E-state index contributed by atoms with van der Waals surface area (Å²) in [4.78, 5) is 14.8. The van der Waals surface area contributed by atoms with E-state index in [1.54, 1.807) is 22.6 Å². The zero-order valence-corrected chi connectivity index (χ0v) is 15.0. The van der Waals surface area contributed by atoms with E-state index in [0.717, 1.165) is 16.8 Å². The Balaban J connectivity index is 2.55. The van der Waals surface area contributed by atoms with Gasteiger partial charge in [-0.15, -0.1) is 0 Å². The molecule has 0 saturated carbocycles. The third-order valence-corrected chi connectivity index (χ3v) is 4.54. The molecular weight excluding hydrogens is 319 g/mol. The van der Waals surface area contributed by atoms with Gasteiger partial charge in [-0.1, -0.05) is 35.3 Å². The van der Waals surface area contributed by atoms with Gasteiger partial charge in [-0.25, -0.2) is 0 Å². The van der Waals surface area contributed by atoms with Crippen molar-refractivity contribution >= 4 is 34.8 Å². The number of halogens is 2. The molecule has 2 aromatic rings. The Labute approximate surface area is 141 Å². The fourth-order valence-corrected chi connectivity index (χ4v) is 2.85. The van der Waals surface area contributed by atoms with Crippen molar-refractivity contribution in [1.82, 2.24) is 4.57 Å². The minimum Gasteiger partial charge on any atom is -0.329 e. The highest BCUT2D eigenvalue weighted by Crippen LogP contribution is 2.29. The van der Waals surface area contributed by atoms with Crippen molar-refractivity contribution in [2.75, 3.05) is 4.90 Å². The maximum atomic E-state index is 13.0. The highest BCUT2D eigenvalue weighted by Gasteiger charge is 2.26. The van der Waals surface area contributed by atoms with Crippen molar-refractivity contribution in [3.05, 3.63) is 51.3 Å². The van der Waals surface area contributed by atoms with Gasteiger partial charge >= 0.3 is 0 Å². The molecule has 0 aliphatic rings. The summed E-state index contributed by atoms with van der Waals surface area (Å²) in [6.07, 6.45) is 0. The third-order valence-electron chi connectivity index (χ3n) is 3.69. The fourth-order valence-electron chi connectivity index (χ4n) is 2.47. The van der Waals surface area contributed by atoms with Crippen LogP contribution < -0.4 is 4.90 Å². The number of carbonyl (C=O) groups is 1. The molecule has 0 aliphatic heterocycles. The first kappa shape index (κ1) is 16.9. The molecule has 0 atom stereocenters. The first-order chi connectivity index (χ1) is 10.2. The zero-order chi connectivity index (χ0) is 16.6. The van der Waals surface area contributed by atoms with Crippen LogP contribution in [0.15, 0.2) is 24.3 Å². The second-order valence-electron chi connectivity index (χ2n) is 5.79. The van der Waals surface area contributed by atoms with E-state index >= 15 is 0 Å². The molecule has 1 aromatic heterocycles. The molecule has 0 fully saturated rings. The van der Waals surface area contributed by atoms with E-state index in [2.05, 4.69) is 0 Å². The van der Waals surface area contributed by atoms with Crippen molar-refractivity contribution in [1.29, 1.82) is 0 Å². The van der Waals surface area contributed by atoms with E-state index in [0.29, 0.717) is 15.9 Å². The van der Waals surface area contributed by atoms with Crippen LogP contribution in [0, 0.1) is 13.8 Å². The SMILES string of the molecule is Cc1ccc(C)c(N(C(=O)c2cc(Cl)c(Cl)n2C)C(C)C)c1. The standard InChI is InChI=1S/C17H20Cl2N2O/c1-10(2)21(14-8-11(3)6-7-12(14)4)17(22)15-9-13(18)16(19)20(15)5/h6-10H,1-5H3. The molecule has 0 bridgehead atoms. The topological polar surface area (TPSA) is 25.2 Å². The molecule has 5 heteroatoms. The molecule has 0 spiro atoms. The predicted molar refractivity (Wildman–Crippen MR) is 93.3 cm³/mol. The van der Waals surface area contributed by atoms with Gasteiger partial charge in [-0.2, -0.15) is 0 Å². The Morgan fingerprint density at radius 1 is 1.18 bits per heavy atom. The number of benzene rings is 1. The maximum absolute atomic E-state index is 13.0. The number of carbonyl (C=O) groups excluding carboxylic acids is 1. The molecule has 2 rings (SSSR count). The number of amides is 1. The number of aryl methyl sites for hydroxylation is 2. The summed E-state index contributed by atoms with van der Waals surface area (Å²) in [5.41, 5.74) is 3.55. The Morgan fingerprint density at radius 2 is 1.82 bits per heavy atom. The second kappa shape index (κ2) is 6.35. The van der Waals surface area contributed by atoms with Gasteiger partial charge in [0.15, 0.2) is 0 Å². The smallest absolute Gasteiger partial charge is 0.275 e.